The Labute approximate surface area is 153 Å². The van der Waals surface area contributed by atoms with Gasteiger partial charge in [0.15, 0.2) is 0 Å². The highest BCUT2D eigenvalue weighted by Gasteiger charge is 2.38. The number of nitrogens with zero attached hydrogens (tertiary/aromatic N) is 1. The van der Waals surface area contributed by atoms with Gasteiger partial charge in [0.2, 0.25) is 0 Å². The summed E-state index contributed by atoms with van der Waals surface area (Å²) in [6.45, 7) is 13.5. The summed E-state index contributed by atoms with van der Waals surface area (Å²) in [5.74, 6) is 2.18. The van der Waals surface area contributed by atoms with Gasteiger partial charge >= 0.3 is 0 Å². The minimum absolute atomic E-state index is 0.189. The van der Waals surface area contributed by atoms with Crippen LogP contribution in [0.3, 0.4) is 0 Å². The summed E-state index contributed by atoms with van der Waals surface area (Å²) in [6, 6.07) is 12.4. The van der Waals surface area contributed by atoms with Crippen LogP contribution in [0.1, 0.15) is 44.9 Å². The van der Waals surface area contributed by atoms with Crippen molar-refractivity contribution in [1.29, 1.82) is 0 Å². The van der Waals surface area contributed by atoms with Gasteiger partial charge in [-0.05, 0) is 60.3 Å². The molecule has 3 nitrogen and oxygen atoms in total. The number of methoxy groups -OCH3 is 1. The van der Waals surface area contributed by atoms with E-state index in [0.717, 1.165) is 23.6 Å². The van der Waals surface area contributed by atoms with Crippen molar-refractivity contribution in [2.24, 2.45) is 0 Å². The second kappa shape index (κ2) is 7.61. The van der Waals surface area contributed by atoms with E-state index >= 15 is 0 Å². The van der Waals surface area contributed by atoms with E-state index in [-0.39, 0.29) is 5.04 Å². The Kier molecular flexibility index (Phi) is 5.94. The molecule has 0 bridgehead atoms. The summed E-state index contributed by atoms with van der Waals surface area (Å²) in [6.07, 6.45) is 2.78. The van der Waals surface area contributed by atoms with Crippen molar-refractivity contribution in [3.8, 4) is 11.5 Å². The number of pyridine rings is 1. The number of hydrogen-bond acceptors (Lipinski definition) is 3. The Hall–Kier alpha value is -1.81. The van der Waals surface area contributed by atoms with Crippen LogP contribution >= 0.6 is 0 Å². The summed E-state index contributed by atoms with van der Waals surface area (Å²) in [7, 11) is -0.118. The predicted molar refractivity (Wildman–Crippen MR) is 107 cm³/mol. The van der Waals surface area contributed by atoms with E-state index in [1.165, 1.54) is 5.56 Å². The molecule has 1 aromatic carbocycles. The van der Waals surface area contributed by atoms with Crippen LogP contribution < -0.4 is 9.16 Å². The molecule has 1 unspecified atom stereocenters. The van der Waals surface area contributed by atoms with Crippen LogP contribution in [0, 0.1) is 0 Å². The molecule has 0 saturated carbocycles. The molecule has 136 valence electrons. The van der Waals surface area contributed by atoms with Gasteiger partial charge in [-0.1, -0.05) is 39.8 Å². The zero-order valence-corrected chi connectivity index (χ0v) is 17.6. The quantitative estimate of drug-likeness (QED) is 0.610. The number of ether oxygens (including phenoxy) is 1. The second-order valence-electron chi connectivity index (χ2n) is 8.23. The summed E-state index contributed by atoms with van der Waals surface area (Å²) in [5, 5.41) is 0.189. The maximum absolute atomic E-state index is 6.30. The topological polar surface area (TPSA) is 31.4 Å². The molecule has 2 aromatic rings. The van der Waals surface area contributed by atoms with Gasteiger partial charge in [-0.15, -0.1) is 0 Å². The number of rotatable bonds is 6. The first-order valence-electron chi connectivity index (χ1n) is 8.90. The lowest BCUT2D eigenvalue weighted by Crippen LogP contribution is -2.43. The van der Waals surface area contributed by atoms with E-state index < -0.39 is 8.32 Å². The lowest BCUT2D eigenvalue weighted by atomic mass is 9.96. The number of benzene rings is 1. The van der Waals surface area contributed by atoms with Gasteiger partial charge < -0.3 is 9.16 Å². The number of aromatic nitrogens is 1. The van der Waals surface area contributed by atoms with Gasteiger partial charge in [-0.25, -0.2) is 0 Å². The molecule has 0 fully saturated rings. The van der Waals surface area contributed by atoms with E-state index in [0.29, 0.717) is 5.92 Å². The van der Waals surface area contributed by atoms with Crippen LogP contribution in [-0.4, -0.2) is 20.4 Å². The van der Waals surface area contributed by atoms with E-state index in [9.17, 15) is 0 Å². The Morgan fingerprint density at radius 3 is 2.08 bits per heavy atom. The van der Waals surface area contributed by atoms with Gasteiger partial charge in [0.1, 0.15) is 11.5 Å². The third kappa shape index (κ3) is 5.08. The van der Waals surface area contributed by atoms with Crippen LogP contribution in [0.4, 0.5) is 0 Å². The maximum atomic E-state index is 6.30. The predicted octanol–water partition coefficient (Wildman–Crippen LogP) is 5.82. The lowest BCUT2D eigenvalue weighted by Gasteiger charge is -2.36. The first-order valence-corrected chi connectivity index (χ1v) is 11.8. The van der Waals surface area contributed by atoms with E-state index in [1.54, 1.807) is 7.11 Å². The molecular weight excluding hydrogens is 326 g/mol. The molecule has 1 aromatic heterocycles. The minimum atomic E-state index is -1.81. The third-order valence-electron chi connectivity index (χ3n) is 5.18. The highest BCUT2D eigenvalue weighted by atomic mass is 28.4. The van der Waals surface area contributed by atoms with Crippen molar-refractivity contribution in [3.05, 3.63) is 53.9 Å². The SMILES string of the molecule is COc1ccc(C(C)Cc2ccc(O[Si](C)(C)C(C)(C)C)cn2)cc1. The largest absolute Gasteiger partial charge is 0.542 e. The molecule has 0 aliphatic rings. The van der Waals surface area contributed by atoms with Gasteiger partial charge in [0.05, 0.1) is 13.3 Å². The fraction of sp³-hybridized carbons (Fsp3) is 0.476. The second-order valence-corrected chi connectivity index (χ2v) is 13.0. The van der Waals surface area contributed by atoms with Crippen LogP contribution in [0.5, 0.6) is 11.5 Å². The molecule has 4 heteroatoms. The standard InChI is InChI=1S/C21H31NO2Si/c1-16(17-8-11-19(23-5)12-9-17)14-18-10-13-20(15-22-18)24-25(6,7)21(2,3)4/h8-13,15-16H,14H2,1-7H3. The summed E-state index contributed by atoms with van der Waals surface area (Å²) in [4.78, 5) is 4.62. The van der Waals surface area contributed by atoms with Crippen molar-refractivity contribution >= 4 is 8.32 Å². The fourth-order valence-electron chi connectivity index (χ4n) is 2.40. The third-order valence-corrected chi connectivity index (χ3v) is 9.54. The molecule has 0 aliphatic heterocycles. The Morgan fingerprint density at radius 2 is 1.60 bits per heavy atom. The first-order chi connectivity index (χ1) is 11.6. The number of hydrogen-bond donors (Lipinski definition) is 0. The van der Waals surface area contributed by atoms with Crippen molar-refractivity contribution < 1.29 is 9.16 Å². The summed E-state index contributed by atoms with van der Waals surface area (Å²) >= 11 is 0. The fourth-order valence-corrected chi connectivity index (χ4v) is 3.42. The summed E-state index contributed by atoms with van der Waals surface area (Å²) in [5.41, 5.74) is 2.38. The smallest absolute Gasteiger partial charge is 0.250 e. The van der Waals surface area contributed by atoms with Crippen LogP contribution in [0.2, 0.25) is 18.1 Å². The molecule has 0 spiro atoms. The van der Waals surface area contributed by atoms with Gasteiger partial charge in [-0.3, -0.25) is 4.98 Å². The Morgan fingerprint density at radius 1 is 1.00 bits per heavy atom. The average Bonchev–Trinajstić information content (AvgIpc) is 2.55. The zero-order chi connectivity index (χ0) is 18.7. The maximum Gasteiger partial charge on any atom is 0.250 e. The van der Waals surface area contributed by atoms with Crippen molar-refractivity contribution in [2.45, 2.75) is 58.2 Å². The van der Waals surface area contributed by atoms with E-state index in [1.807, 2.05) is 18.3 Å². The summed E-state index contributed by atoms with van der Waals surface area (Å²) < 4.78 is 11.5. The first kappa shape index (κ1) is 19.5. The van der Waals surface area contributed by atoms with E-state index in [4.69, 9.17) is 9.16 Å². The van der Waals surface area contributed by atoms with Crippen LogP contribution in [0.15, 0.2) is 42.6 Å². The van der Waals surface area contributed by atoms with E-state index in [2.05, 4.69) is 70.0 Å². The lowest BCUT2D eigenvalue weighted by molar-refractivity contribution is 0.414. The van der Waals surface area contributed by atoms with Gasteiger partial charge in [-0.2, -0.15) is 0 Å². The molecule has 0 amide bonds. The highest BCUT2D eigenvalue weighted by molar-refractivity contribution is 6.74. The Bertz CT molecular complexity index is 673. The van der Waals surface area contributed by atoms with Crippen molar-refractivity contribution in [1.82, 2.24) is 4.98 Å². The molecule has 1 atom stereocenters. The van der Waals surface area contributed by atoms with Gasteiger partial charge in [0.25, 0.3) is 8.32 Å². The highest BCUT2D eigenvalue weighted by Crippen LogP contribution is 2.37. The molecule has 0 saturated heterocycles. The molecule has 0 aliphatic carbocycles. The van der Waals surface area contributed by atoms with Crippen molar-refractivity contribution in [3.63, 3.8) is 0 Å². The Balaban J connectivity index is 2.02. The zero-order valence-electron chi connectivity index (χ0n) is 16.6. The van der Waals surface area contributed by atoms with Crippen LogP contribution in [0.25, 0.3) is 0 Å². The monoisotopic (exact) mass is 357 g/mol. The van der Waals surface area contributed by atoms with Crippen molar-refractivity contribution in [2.75, 3.05) is 7.11 Å². The van der Waals surface area contributed by atoms with Crippen LogP contribution in [-0.2, 0) is 6.42 Å². The molecule has 1 heterocycles. The minimum Gasteiger partial charge on any atom is -0.542 e. The molecule has 0 radical (unpaired) electrons. The normalized spacial score (nSPS) is 13.4. The molecule has 0 N–H and O–H groups in total. The molecular formula is C21H31NO2Si. The average molecular weight is 358 g/mol. The van der Waals surface area contributed by atoms with Gasteiger partial charge in [0, 0.05) is 5.69 Å². The molecule has 2 rings (SSSR count). The molecule has 25 heavy (non-hydrogen) atoms.